The van der Waals surface area contributed by atoms with E-state index in [1.807, 2.05) is 13.0 Å². The molecule has 0 aliphatic rings. The SMILES string of the molecule is C=CC.Cc1cccc(-c2ccccc2)c1. The van der Waals surface area contributed by atoms with Crippen LogP contribution in [0.5, 0.6) is 0 Å². The Morgan fingerprint density at radius 1 is 0.875 bits per heavy atom. The van der Waals surface area contributed by atoms with Gasteiger partial charge >= 0.3 is 0 Å². The molecular weight excluding hydrogens is 192 g/mol. The second-order valence-corrected chi connectivity index (χ2v) is 3.64. The molecule has 0 fully saturated rings. The summed E-state index contributed by atoms with van der Waals surface area (Å²) in [5.41, 5.74) is 3.88. The first kappa shape index (κ1) is 12.3. The molecule has 0 nitrogen and oxygen atoms in total. The lowest BCUT2D eigenvalue weighted by Crippen LogP contribution is -1.77. The van der Waals surface area contributed by atoms with Gasteiger partial charge < -0.3 is 0 Å². The Morgan fingerprint density at radius 3 is 2.00 bits per heavy atom. The lowest BCUT2D eigenvalue weighted by atomic mass is 10.0. The number of hydrogen-bond donors (Lipinski definition) is 0. The van der Waals surface area contributed by atoms with E-state index in [0.717, 1.165) is 0 Å². The van der Waals surface area contributed by atoms with Gasteiger partial charge in [0.1, 0.15) is 0 Å². The Morgan fingerprint density at radius 2 is 1.44 bits per heavy atom. The third kappa shape index (κ3) is 3.74. The van der Waals surface area contributed by atoms with Crippen molar-refractivity contribution in [2.45, 2.75) is 13.8 Å². The van der Waals surface area contributed by atoms with Crippen molar-refractivity contribution in [2.75, 3.05) is 0 Å². The van der Waals surface area contributed by atoms with Crippen LogP contribution in [0.1, 0.15) is 12.5 Å². The van der Waals surface area contributed by atoms with E-state index in [1.54, 1.807) is 6.08 Å². The highest BCUT2D eigenvalue weighted by atomic mass is 14.0. The molecule has 0 spiro atoms. The maximum atomic E-state index is 3.36. The second-order valence-electron chi connectivity index (χ2n) is 3.64. The lowest BCUT2D eigenvalue weighted by Gasteiger charge is -2.01. The molecule has 0 heteroatoms. The molecule has 0 amide bonds. The quantitative estimate of drug-likeness (QED) is 0.590. The third-order valence-corrected chi connectivity index (χ3v) is 2.13. The van der Waals surface area contributed by atoms with Gasteiger partial charge in [-0.05, 0) is 25.0 Å². The van der Waals surface area contributed by atoms with Gasteiger partial charge in [-0.15, -0.1) is 6.58 Å². The molecule has 0 unspecified atom stereocenters. The zero-order valence-electron chi connectivity index (χ0n) is 9.98. The van der Waals surface area contributed by atoms with Gasteiger partial charge in [0.25, 0.3) is 0 Å². The van der Waals surface area contributed by atoms with Crippen LogP contribution in [0.4, 0.5) is 0 Å². The van der Waals surface area contributed by atoms with E-state index in [2.05, 4.69) is 62.0 Å². The van der Waals surface area contributed by atoms with Crippen LogP contribution in [0.15, 0.2) is 67.3 Å². The molecule has 2 rings (SSSR count). The van der Waals surface area contributed by atoms with Gasteiger partial charge in [0, 0.05) is 0 Å². The van der Waals surface area contributed by atoms with E-state index >= 15 is 0 Å². The second kappa shape index (κ2) is 6.62. The first-order chi connectivity index (χ1) is 7.77. The summed E-state index contributed by atoms with van der Waals surface area (Å²) in [4.78, 5) is 0. The summed E-state index contributed by atoms with van der Waals surface area (Å²) >= 11 is 0. The van der Waals surface area contributed by atoms with E-state index in [4.69, 9.17) is 0 Å². The van der Waals surface area contributed by atoms with Crippen LogP contribution >= 0.6 is 0 Å². The Hall–Kier alpha value is -1.82. The molecule has 16 heavy (non-hydrogen) atoms. The molecule has 82 valence electrons. The highest BCUT2D eigenvalue weighted by molar-refractivity contribution is 5.63. The van der Waals surface area contributed by atoms with Gasteiger partial charge in [0.05, 0.1) is 0 Å². The van der Waals surface area contributed by atoms with Gasteiger partial charge in [-0.25, -0.2) is 0 Å². The van der Waals surface area contributed by atoms with E-state index < -0.39 is 0 Å². The maximum Gasteiger partial charge on any atom is -0.0181 e. The Kier molecular flexibility index (Phi) is 5.07. The van der Waals surface area contributed by atoms with Crippen LogP contribution in [-0.2, 0) is 0 Å². The van der Waals surface area contributed by atoms with Crippen molar-refractivity contribution >= 4 is 0 Å². The third-order valence-electron chi connectivity index (χ3n) is 2.13. The molecule has 0 atom stereocenters. The molecule has 0 heterocycles. The van der Waals surface area contributed by atoms with Crippen molar-refractivity contribution in [3.05, 3.63) is 72.8 Å². The van der Waals surface area contributed by atoms with Gasteiger partial charge in [-0.2, -0.15) is 0 Å². The van der Waals surface area contributed by atoms with Gasteiger partial charge in [-0.3, -0.25) is 0 Å². The minimum absolute atomic E-state index is 1.28. The minimum atomic E-state index is 1.28. The summed E-state index contributed by atoms with van der Waals surface area (Å²) in [7, 11) is 0. The summed E-state index contributed by atoms with van der Waals surface area (Å²) in [6, 6.07) is 19.0. The van der Waals surface area contributed by atoms with Gasteiger partial charge in [0.15, 0.2) is 0 Å². The van der Waals surface area contributed by atoms with Crippen molar-refractivity contribution in [1.29, 1.82) is 0 Å². The fraction of sp³-hybridized carbons (Fsp3) is 0.125. The summed E-state index contributed by atoms with van der Waals surface area (Å²) in [5, 5.41) is 0. The summed E-state index contributed by atoms with van der Waals surface area (Å²) in [5.74, 6) is 0. The topological polar surface area (TPSA) is 0 Å². The summed E-state index contributed by atoms with van der Waals surface area (Å²) in [6.45, 7) is 7.37. The molecule has 0 aromatic heterocycles. The number of hydrogen-bond acceptors (Lipinski definition) is 0. The minimum Gasteiger partial charge on any atom is -0.103 e. The van der Waals surface area contributed by atoms with Crippen LogP contribution in [0.25, 0.3) is 11.1 Å². The molecule has 0 bridgehead atoms. The monoisotopic (exact) mass is 210 g/mol. The maximum absolute atomic E-state index is 3.36. The first-order valence-electron chi connectivity index (χ1n) is 5.47. The van der Waals surface area contributed by atoms with E-state index in [-0.39, 0.29) is 0 Å². The average Bonchev–Trinajstić information content (AvgIpc) is 2.31. The Bertz CT molecular complexity index is 427. The zero-order valence-corrected chi connectivity index (χ0v) is 9.98. The molecule has 0 saturated carbocycles. The molecule has 0 aliphatic carbocycles. The van der Waals surface area contributed by atoms with Gasteiger partial charge in [-0.1, -0.05) is 66.2 Å². The number of allylic oxidation sites excluding steroid dienone is 1. The Labute approximate surface area is 98.3 Å². The zero-order chi connectivity index (χ0) is 11.8. The standard InChI is InChI=1S/C13H12.C3H6/c1-11-6-5-9-13(10-11)12-7-3-2-4-8-12;1-3-2/h2-10H,1H3;3H,1H2,2H3. The number of aryl methyl sites for hydroxylation is 1. The molecule has 0 aliphatic heterocycles. The highest BCUT2D eigenvalue weighted by Crippen LogP contribution is 2.19. The van der Waals surface area contributed by atoms with E-state index in [0.29, 0.717) is 0 Å². The van der Waals surface area contributed by atoms with Crippen molar-refractivity contribution in [2.24, 2.45) is 0 Å². The fourth-order valence-corrected chi connectivity index (χ4v) is 1.46. The lowest BCUT2D eigenvalue weighted by molar-refractivity contribution is 1.47. The Balaban J connectivity index is 0.000000386. The smallest absolute Gasteiger partial charge is 0.0181 e. The first-order valence-corrected chi connectivity index (χ1v) is 5.47. The predicted molar refractivity (Wildman–Crippen MR) is 72.5 cm³/mol. The molecular formula is C16H18. The van der Waals surface area contributed by atoms with Crippen molar-refractivity contribution in [3.63, 3.8) is 0 Å². The van der Waals surface area contributed by atoms with Crippen LogP contribution < -0.4 is 0 Å². The predicted octanol–water partition coefficient (Wildman–Crippen LogP) is 4.85. The van der Waals surface area contributed by atoms with Crippen molar-refractivity contribution in [3.8, 4) is 11.1 Å². The number of benzene rings is 2. The van der Waals surface area contributed by atoms with E-state index in [9.17, 15) is 0 Å². The van der Waals surface area contributed by atoms with Crippen LogP contribution in [0, 0.1) is 6.92 Å². The summed E-state index contributed by atoms with van der Waals surface area (Å²) < 4.78 is 0. The van der Waals surface area contributed by atoms with E-state index in [1.165, 1.54) is 16.7 Å². The molecule has 0 radical (unpaired) electrons. The van der Waals surface area contributed by atoms with Gasteiger partial charge in [0.2, 0.25) is 0 Å². The van der Waals surface area contributed by atoms with Crippen LogP contribution in [0.3, 0.4) is 0 Å². The van der Waals surface area contributed by atoms with Crippen LogP contribution in [0.2, 0.25) is 0 Å². The van der Waals surface area contributed by atoms with Crippen molar-refractivity contribution in [1.82, 2.24) is 0 Å². The highest BCUT2D eigenvalue weighted by Gasteiger charge is 1.94. The average molecular weight is 210 g/mol. The van der Waals surface area contributed by atoms with Crippen LogP contribution in [-0.4, -0.2) is 0 Å². The normalized spacial score (nSPS) is 8.88. The molecule has 0 N–H and O–H groups in total. The molecule has 2 aromatic carbocycles. The number of rotatable bonds is 1. The fourth-order valence-electron chi connectivity index (χ4n) is 1.46. The molecule has 0 saturated heterocycles. The largest absolute Gasteiger partial charge is 0.103 e. The van der Waals surface area contributed by atoms with Crippen molar-refractivity contribution < 1.29 is 0 Å². The summed E-state index contributed by atoms with van der Waals surface area (Å²) in [6.07, 6.45) is 1.75. The molecule has 2 aromatic rings.